The van der Waals surface area contributed by atoms with Crippen LogP contribution in [-0.2, 0) is 11.2 Å². The van der Waals surface area contributed by atoms with Crippen molar-refractivity contribution in [2.75, 3.05) is 26.2 Å². The van der Waals surface area contributed by atoms with Crippen LogP contribution in [0.15, 0.2) is 47.0 Å². The van der Waals surface area contributed by atoms with E-state index in [0.29, 0.717) is 73.8 Å². The lowest BCUT2D eigenvalue weighted by Gasteiger charge is -2.35. The minimum Gasteiger partial charge on any atom is -0.339 e. The highest BCUT2D eigenvalue weighted by atomic mass is 19.1. The van der Waals surface area contributed by atoms with Crippen LogP contribution < -0.4 is 0 Å². The minimum absolute atomic E-state index is 0.00162. The molecule has 0 saturated carbocycles. The van der Waals surface area contributed by atoms with Gasteiger partial charge in [-0.1, -0.05) is 11.2 Å². The summed E-state index contributed by atoms with van der Waals surface area (Å²) < 4.78 is 32.0. The molecule has 0 atom stereocenters. The van der Waals surface area contributed by atoms with E-state index in [9.17, 15) is 18.4 Å². The van der Waals surface area contributed by atoms with E-state index in [1.807, 2.05) is 0 Å². The van der Waals surface area contributed by atoms with Gasteiger partial charge in [0.1, 0.15) is 11.6 Å². The molecule has 172 valence electrons. The molecule has 7 nitrogen and oxygen atoms in total. The third-order valence-corrected chi connectivity index (χ3v) is 5.69. The molecule has 0 radical (unpaired) electrons. The van der Waals surface area contributed by atoms with Crippen LogP contribution in [-0.4, -0.2) is 57.9 Å². The maximum Gasteiger partial charge on any atom is 0.254 e. The van der Waals surface area contributed by atoms with Crippen LogP contribution in [0.4, 0.5) is 8.78 Å². The second-order valence-electron chi connectivity index (χ2n) is 8.01. The average molecular weight is 454 g/mol. The molecule has 4 rings (SSSR count). The number of amides is 2. The Morgan fingerprint density at radius 3 is 2.39 bits per heavy atom. The van der Waals surface area contributed by atoms with E-state index in [2.05, 4.69) is 10.1 Å². The lowest BCUT2D eigenvalue weighted by atomic mass is 10.1. The van der Waals surface area contributed by atoms with Crippen molar-refractivity contribution in [3.63, 3.8) is 0 Å². The van der Waals surface area contributed by atoms with Crippen LogP contribution >= 0.6 is 0 Å². The summed E-state index contributed by atoms with van der Waals surface area (Å²) in [5, 5.41) is 3.90. The van der Waals surface area contributed by atoms with Gasteiger partial charge in [-0.05, 0) is 55.3 Å². The van der Waals surface area contributed by atoms with E-state index in [4.69, 9.17) is 4.52 Å². The largest absolute Gasteiger partial charge is 0.339 e. The zero-order valence-corrected chi connectivity index (χ0v) is 18.3. The number of benzene rings is 2. The van der Waals surface area contributed by atoms with E-state index in [1.54, 1.807) is 41.0 Å². The lowest BCUT2D eigenvalue weighted by molar-refractivity contribution is -0.132. The molecule has 3 aromatic rings. The smallest absolute Gasteiger partial charge is 0.254 e. The fourth-order valence-electron chi connectivity index (χ4n) is 3.69. The molecule has 1 aromatic heterocycles. The molecule has 2 aromatic carbocycles. The van der Waals surface area contributed by atoms with Gasteiger partial charge in [0.25, 0.3) is 5.91 Å². The van der Waals surface area contributed by atoms with Gasteiger partial charge in [-0.15, -0.1) is 0 Å². The maximum atomic E-state index is 13.8. The second kappa shape index (κ2) is 9.89. The molecule has 0 bridgehead atoms. The van der Waals surface area contributed by atoms with Crippen molar-refractivity contribution in [1.82, 2.24) is 19.9 Å². The first-order valence-electron chi connectivity index (χ1n) is 10.8. The molecule has 9 heteroatoms. The highest BCUT2D eigenvalue weighted by Crippen LogP contribution is 2.18. The molecule has 0 spiro atoms. The van der Waals surface area contributed by atoms with Gasteiger partial charge in [-0.2, -0.15) is 4.98 Å². The van der Waals surface area contributed by atoms with Gasteiger partial charge < -0.3 is 14.3 Å². The van der Waals surface area contributed by atoms with Crippen molar-refractivity contribution in [1.29, 1.82) is 0 Å². The van der Waals surface area contributed by atoms with Crippen LogP contribution in [0.5, 0.6) is 0 Å². The summed E-state index contributed by atoms with van der Waals surface area (Å²) >= 11 is 0. The van der Waals surface area contributed by atoms with Crippen molar-refractivity contribution >= 4 is 11.8 Å². The summed E-state index contributed by atoms with van der Waals surface area (Å²) in [6, 6.07) is 10.3. The summed E-state index contributed by atoms with van der Waals surface area (Å²) in [6.07, 6.45) is 1.33. The Hall–Kier alpha value is -3.62. The summed E-state index contributed by atoms with van der Waals surface area (Å²) in [5.74, 6) is -0.166. The Balaban J connectivity index is 1.22. The maximum absolute atomic E-state index is 13.8. The Kier molecular flexibility index (Phi) is 6.76. The monoisotopic (exact) mass is 454 g/mol. The number of aromatic nitrogens is 2. The Morgan fingerprint density at radius 1 is 1.00 bits per heavy atom. The predicted molar refractivity (Wildman–Crippen MR) is 116 cm³/mol. The number of rotatable bonds is 6. The molecule has 33 heavy (non-hydrogen) atoms. The summed E-state index contributed by atoms with van der Waals surface area (Å²) in [6.45, 7) is 3.34. The van der Waals surface area contributed by atoms with Gasteiger partial charge in [0.2, 0.25) is 17.6 Å². The van der Waals surface area contributed by atoms with Gasteiger partial charge in [0.05, 0.1) is 0 Å². The number of carbonyl (C=O) groups excluding carboxylic acids is 2. The molecule has 1 fully saturated rings. The third-order valence-electron chi connectivity index (χ3n) is 5.69. The Bertz CT molecular complexity index is 1140. The number of carbonyl (C=O) groups is 2. The van der Waals surface area contributed by atoms with Gasteiger partial charge in [0, 0.05) is 50.1 Å². The predicted octanol–water partition coefficient (Wildman–Crippen LogP) is 3.63. The number of aryl methyl sites for hydroxylation is 2. The zero-order chi connectivity index (χ0) is 23.4. The third kappa shape index (κ3) is 5.42. The molecular weight excluding hydrogens is 430 g/mol. The number of hydrogen-bond acceptors (Lipinski definition) is 5. The van der Waals surface area contributed by atoms with Crippen molar-refractivity contribution in [2.45, 2.75) is 26.2 Å². The van der Waals surface area contributed by atoms with Crippen molar-refractivity contribution in [3.05, 3.63) is 71.1 Å². The van der Waals surface area contributed by atoms with Crippen LogP contribution in [0.1, 0.15) is 34.7 Å². The van der Waals surface area contributed by atoms with Gasteiger partial charge in [-0.25, -0.2) is 8.78 Å². The van der Waals surface area contributed by atoms with Crippen LogP contribution in [0.25, 0.3) is 11.4 Å². The molecular formula is C24H24F2N4O3. The quantitative estimate of drug-likeness (QED) is 0.568. The first kappa shape index (κ1) is 22.6. The summed E-state index contributed by atoms with van der Waals surface area (Å²) in [7, 11) is 0. The SMILES string of the molecule is Cc1ccc(C(=O)N2CCN(C(=O)CCCc3nc(-c4ccc(F)cc4)no3)CC2)cc1F. The minimum atomic E-state index is -0.402. The Morgan fingerprint density at radius 2 is 1.70 bits per heavy atom. The molecule has 0 N–H and O–H groups in total. The average Bonchev–Trinajstić information content (AvgIpc) is 3.30. The van der Waals surface area contributed by atoms with Gasteiger partial charge in [-0.3, -0.25) is 9.59 Å². The highest BCUT2D eigenvalue weighted by Gasteiger charge is 2.25. The van der Waals surface area contributed by atoms with Gasteiger partial charge >= 0.3 is 0 Å². The van der Waals surface area contributed by atoms with Crippen LogP contribution in [0, 0.1) is 18.6 Å². The lowest BCUT2D eigenvalue weighted by Crippen LogP contribution is -2.50. The second-order valence-corrected chi connectivity index (χ2v) is 8.01. The molecule has 0 aliphatic carbocycles. The fraction of sp³-hybridized carbons (Fsp3) is 0.333. The normalized spacial score (nSPS) is 13.9. The summed E-state index contributed by atoms with van der Waals surface area (Å²) in [4.78, 5) is 32.8. The number of hydrogen-bond donors (Lipinski definition) is 0. The van der Waals surface area contributed by atoms with E-state index >= 15 is 0 Å². The molecule has 0 unspecified atom stereocenters. The van der Waals surface area contributed by atoms with Crippen molar-refractivity contribution in [2.24, 2.45) is 0 Å². The topological polar surface area (TPSA) is 79.5 Å². The number of nitrogens with zero attached hydrogens (tertiary/aromatic N) is 4. The van der Waals surface area contributed by atoms with E-state index in [1.165, 1.54) is 18.2 Å². The number of piperazine rings is 1. The first-order chi connectivity index (χ1) is 15.9. The van der Waals surface area contributed by atoms with Crippen molar-refractivity contribution < 1.29 is 22.9 Å². The molecule has 1 saturated heterocycles. The standard InChI is InChI=1S/C24H24F2N4O3/c1-16-5-6-18(15-20(16)26)24(32)30-13-11-29(12-14-30)22(31)4-2-3-21-27-23(28-33-21)17-7-9-19(25)10-8-17/h5-10,15H,2-4,11-14H2,1H3. The Labute approximate surface area is 190 Å². The first-order valence-corrected chi connectivity index (χ1v) is 10.8. The number of halogens is 2. The summed E-state index contributed by atoms with van der Waals surface area (Å²) in [5.41, 5.74) is 1.47. The van der Waals surface area contributed by atoms with Gasteiger partial charge in [0.15, 0.2) is 0 Å². The zero-order valence-electron chi connectivity index (χ0n) is 18.3. The fourth-order valence-corrected chi connectivity index (χ4v) is 3.69. The molecule has 1 aliphatic rings. The van der Waals surface area contributed by atoms with E-state index in [-0.39, 0.29) is 17.6 Å². The van der Waals surface area contributed by atoms with Crippen molar-refractivity contribution in [3.8, 4) is 11.4 Å². The molecule has 2 heterocycles. The van der Waals surface area contributed by atoms with Crippen LogP contribution in [0.3, 0.4) is 0 Å². The molecule has 1 aliphatic heterocycles. The highest BCUT2D eigenvalue weighted by molar-refractivity contribution is 5.94. The van der Waals surface area contributed by atoms with E-state index in [0.717, 1.165) is 0 Å². The van der Waals surface area contributed by atoms with E-state index < -0.39 is 5.82 Å². The molecule has 2 amide bonds. The van der Waals surface area contributed by atoms with Crippen LogP contribution in [0.2, 0.25) is 0 Å².